The van der Waals surface area contributed by atoms with E-state index in [9.17, 15) is 22.4 Å². The predicted molar refractivity (Wildman–Crippen MR) is 152 cm³/mol. The van der Waals surface area contributed by atoms with Crippen molar-refractivity contribution in [1.29, 1.82) is 0 Å². The van der Waals surface area contributed by atoms with Gasteiger partial charge in [-0.25, -0.2) is 23.7 Å². The first-order chi connectivity index (χ1) is 20.4. The van der Waals surface area contributed by atoms with Gasteiger partial charge in [0.05, 0.1) is 28.4 Å². The Morgan fingerprint density at radius 1 is 1.05 bits per heavy atom. The number of hydrogen-bond acceptors (Lipinski definition) is 8. The van der Waals surface area contributed by atoms with Crippen molar-refractivity contribution < 1.29 is 31.9 Å². The number of aromatic nitrogens is 3. The molecule has 0 unspecified atom stereocenters. The van der Waals surface area contributed by atoms with Crippen LogP contribution >= 0.6 is 11.3 Å². The Balaban J connectivity index is 1.42. The van der Waals surface area contributed by atoms with Gasteiger partial charge in [0.15, 0.2) is 11.6 Å². The molecule has 0 radical (unpaired) electrons. The third kappa shape index (κ3) is 7.29. The molecule has 0 saturated carbocycles. The van der Waals surface area contributed by atoms with Crippen LogP contribution in [0.25, 0.3) is 11.3 Å². The van der Waals surface area contributed by atoms with Gasteiger partial charge in [-0.05, 0) is 44.9 Å². The molecule has 4 heterocycles. The van der Waals surface area contributed by atoms with Crippen molar-refractivity contribution in [2.24, 2.45) is 0 Å². The van der Waals surface area contributed by atoms with Crippen molar-refractivity contribution >= 4 is 23.1 Å². The molecular weight excluding hydrogens is 591 g/mol. The molecule has 1 N–H and O–H groups in total. The summed E-state index contributed by atoms with van der Waals surface area (Å²) in [6.07, 6.45) is -1.45. The minimum absolute atomic E-state index is 0.00977. The summed E-state index contributed by atoms with van der Waals surface area (Å²) < 4.78 is 70.7. The maximum absolute atomic E-state index is 15.7. The van der Waals surface area contributed by atoms with E-state index >= 15 is 4.39 Å². The topological polar surface area (TPSA) is 85.7 Å². The molecule has 3 aromatic rings. The lowest BCUT2D eigenvalue weighted by molar-refractivity contribution is -0.138. The van der Waals surface area contributed by atoms with E-state index in [1.165, 1.54) is 17.7 Å². The fourth-order valence-electron chi connectivity index (χ4n) is 5.74. The smallest absolute Gasteiger partial charge is 0.416 e. The number of aliphatic carboxylic acids is 1. The van der Waals surface area contributed by atoms with Crippen LogP contribution in [0.4, 0.5) is 27.8 Å². The Kier molecular flexibility index (Phi) is 9.28. The number of carboxylic acids is 1. The number of nitrogens with zero attached hydrogens (tertiary/aromatic N) is 6. The SMILES string of the molecule is C[C@@H]1CC[C@@H](C)N1Cc1sc(Cc2ncnc(N3CCN(CCC(=O)O)CC3)c2F)nc1-c1cc(F)cc(C(F)(F)F)c1. The Morgan fingerprint density at radius 2 is 1.74 bits per heavy atom. The number of halogens is 5. The summed E-state index contributed by atoms with van der Waals surface area (Å²) in [5, 5.41) is 9.37. The average molecular weight is 625 g/mol. The quantitative estimate of drug-likeness (QED) is 0.315. The van der Waals surface area contributed by atoms with Crippen molar-refractivity contribution in [2.45, 2.75) is 64.3 Å². The molecule has 0 aliphatic carbocycles. The second kappa shape index (κ2) is 12.8. The van der Waals surface area contributed by atoms with Gasteiger partial charge in [-0.3, -0.25) is 14.6 Å². The van der Waals surface area contributed by atoms with E-state index in [1.807, 2.05) is 4.90 Å². The van der Waals surface area contributed by atoms with Gasteiger partial charge in [0.25, 0.3) is 0 Å². The largest absolute Gasteiger partial charge is 0.481 e. The van der Waals surface area contributed by atoms with Gasteiger partial charge in [-0.15, -0.1) is 11.3 Å². The summed E-state index contributed by atoms with van der Waals surface area (Å²) in [5.41, 5.74) is -0.721. The lowest BCUT2D eigenvalue weighted by Crippen LogP contribution is -2.47. The highest BCUT2D eigenvalue weighted by Crippen LogP contribution is 2.38. The first-order valence-corrected chi connectivity index (χ1v) is 15.0. The van der Waals surface area contributed by atoms with Crippen LogP contribution in [0.3, 0.4) is 0 Å². The Hall–Kier alpha value is -3.23. The number of thiazole rings is 1. The van der Waals surface area contributed by atoms with E-state index in [2.05, 4.69) is 33.7 Å². The highest BCUT2D eigenvalue weighted by atomic mass is 32.1. The summed E-state index contributed by atoms with van der Waals surface area (Å²) in [5.74, 6) is -2.35. The molecule has 5 rings (SSSR count). The number of hydrogen-bond donors (Lipinski definition) is 1. The first-order valence-electron chi connectivity index (χ1n) is 14.2. The van der Waals surface area contributed by atoms with E-state index in [4.69, 9.17) is 5.11 Å². The lowest BCUT2D eigenvalue weighted by atomic mass is 10.1. The summed E-state index contributed by atoms with van der Waals surface area (Å²) in [7, 11) is 0. The highest BCUT2D eigenvalue weighted by Gasteiger charge is 2.33. The second-order valence-corrected chi connectivity index (χ2v) is 12.3. The normalized spacial score (nSPS) is 20.2. The number of likely N-dealkylation sites (tertiary alicyclic amines) is 1. The van der Waals surface area contributed by atoms with Gasteiger partial charge >= 0.3 is 12.1 Å². The molecule has 2 saturated heterocycles. The minimum Gasteiger partial charge on any atom is -0.481 e. The zero-order valence-electron chi connectivity index (χ0n) is 23.9. The molecule has 14 heteroatoms. The van der Waals surface area contributed by atoms with Crippen LogP contribution in [0.1, 0.15) is 54.3 Å². The van der Waals surface area contributed by atoms with E-state index in [-0.39, 0.29) is 47.7 Å². The van der Waals surface area contributed by atoms with E-state index in [1.54, 1.807) is 4.90 Å². The number of alkyl halides is 3. The number of anilines is 1. The van der Waals surface area contributed by atoms with Gasteiger partial charge in [-0.2, -0.15) is 13.2 Å². The standard InChI is InChI=1S/C29H33F5N6O2S/c1-17-3-4-18(2)40(17)15-23-27(19-11-20(29(32,33)34)13-21(30)12-19)37-24(43-23)14-22-26(31)28(36-16-35-22)39-9-7-38(8-10-39)6-5-25(41)42/h11-13,16-18H,3-10,14-15H2,1-2H3,(H,41,42)/t17-,18-/m1/s1. The minimum atomic E-state index is -4.73. The Bertz CT molecular complexity index is 1450. The third-order valence-electron chi connectivity index (χ3n) is 8.18. The first kappa shape index (κ1) is 31.2. The maximum atomic E-state index is 15.7. The van der Waals surface area contributed by atoms with Gasteiger partial charge in [0.1, 0.15) is 12.1 Å². The molecule has 2 aliphatic heterocycles. The predicted octanol–water partition coefficient (Wildman–Crippen LogP) is 5.46. The van der Waals surface area contributed by atoms with Crippen molar-refractivity contribution in [3.8, 4) is 11.3 Å². The highest BCUT2D eigenvalue weighted by molar-refractivity contribution is 7.12. The summed E-state index contributed by atoms with van der Waals surface area (Å²) in [6, 6.07) is 2.94. The number of piperazine rings is 1. The van der Waals surface area contributed by atoms with Crippen LogP contribution in [-0.4, -0.2) is 80.6 Å². The van der Waals surface area contributed by atoms with Crippen molar-refractivity contribution in [2.75, 3.05) is 37.6 Å². The van der Waals surface area contributed by atoms with Gasteiger partial charge in [-0.1, -0.05) is 0 Å². The molecule has 2 aromatic heterocycles. The fourth-order valence-corrected chi connectivity index (χ4v) is 6.85. The molecule has 43 heavy (non-hydrogen) atoms. The number of carboxylic acid groups (broad SMARTS) is 1. The maximum Gasteiger partial charge on any atom is 0.416 e. The monoisotopic (exact) mass is 624 g/mol. The summed E-state index contributed by atoms with van der Waals surface area (Å²) in [6.45, 7) is 7.09. The molecular formula is C29H33F5N6O2S. The van der Waals surface area contributed by atoms with Crippen LogP contribution in [0.15, 0.2) is 24.5 Å². The molecule has 2 atom stereocenters. The van der Waals surface area contributed by atoms with Crippen LogP contribution < -0.4 is 4.90 Å². The Morgan fingerprint density at radius 3 is 2.40 bits per heavy atom. The van der Waals surface area contributed by atoms with Crippen molar-refractivity contribution in [3.63, 3.8) is 0 Å². The van der Waals surface area contributed by atoms with Crippen LogP contribution in [0.5, 0.6) is 0 Å². The number of rotatable bonds is 9. The molecule has 1 aromatic carbocycles. The average Bonchev–Trinajstić information content (AvgIpc) is 3.50. The summed E-state index contributed by atoms with van der Waals surface area (Å²) >= 11 is 1.27. The summed E-state index contributed by atoms with van der Waals surface area (Å²) in [4.78, 5) is 30.5. The fraction of sp³-hybridized carbons (Fsp3) is 0.517. The number of carbonyl (C=O) groups is 1. The second-order valence-electron chi connectivity index (χ2n) is 11.2. The Labute approximate surface area is 250 Å². The molecule has 232 valence electrons. The van der Waals surface area contributed by atoms with Crippen molar-refractivity contribution in [3.05, 3.63) is 57.3 Å². The molecule has 2 fully saturated rings. The van der Waals surface area contributed by atoms with Crippen molar-refractivity contribution in [1.82, 2.24) is 24.8 Å². The van der Waals surface area contributed by atoms with Crippen LogP contribution in [0, 0.1) is 11.6 Å². The van der Waals surface area contributed by atoms with Gasteiger partial charge in [0.2, 0.25) is 0 Å². The van der Waals surface area contributed by atoms with E-state index in [0.29, 0.717) is 55.2 Å². The molecule has 0 amide bonds. The zero-order valence-corrected chi connectivity index (χ0v) is 24.7. The zero-order chi connectivity index (χ0) is 30.9. The van der Waals surface area contributed by atoms with E-state index in [0.717, 1.165) is 25.0 Å². The third-order valence-corrected chi connectivity index (χ3v) is 9.22. The van der Waals surface area contributed by atoms with Gasteiger partial charge < -0.3 is 10.0 Å². The molecule has 0 bridgehead atoms. The molecule has 8 nitrogen and oxygen atoms in total. The lowest BCUT2D eigenvalue weighted by Gasteiger charge is -2.35. The van der Waals surface area contributed by atoms with Crippen LogP contribution in [-0.2, 0) is 23.9 Å². The van der Waals surface area contributed by atoms with E-state index < -0.39 is 29.3 Å². The molecule has 0 spiro atoms. The number of benzene rings is 1. The van der Waals surface area contributed by atoms with Gasteiger partial charge in [0, 0.05) is 68.2 Å². The van der Waals surface area contributed by atoms with Crippen LogP contribution in [0.2, 0.25) is 0 Å². The molecule has 2 aliphatic rings.